The first-order chi connectivity index (χ1) is 10.7. The zero-order valence-electron chi connectivity index (χ0n) is 11.8. The number of hydrogen-bond acceptors (Lipinski definition) is 4. The van der Waals surface area contributed by atoms with E-state index in [9.17, 15) is 4.79 Å². The molecule has 0 bridgehead atoms. The summed E-state index contributed by atoms with van der Waals surface area (Å²) in [6.07, 6.45) is 0. The van der Waals surface area contributed by atoms with Crippen LogP contribution in [0.15, 0.2) is 46.8 Å². The Morgan fingerprint density at radius 1 is 1.32 bits per heavy atom. The average Bonchev–Trinajstić information content (AvgIpc) is 2.94. The summed E-state index contributed by atoms with van der Waals surface area (Å²) in [5.41, 5.74) is 2.71. The van der Waals surface area contributed by atoms with Crippen LogP contribution in [0.4, 0.5) is 0 Å². The molecule has 1 N–H and O–H groups in total. The molecular formula is C16H13ClN2OS2. The largest absolute Gasteiger partial charge is 0.355 e. The molecule has 0 fully saturated rings. The summed E-state index contributed by atoms with van der Waals surface area (Å²) in [6.45, 7) is 0. The quantitative estimate of drug-likeness (QED) is 0.700. The first kappa shape index (κ1) is 15.3. The maximum atomic E-state index is 11.6. The number of carbonyl (C=O) groups excluding carboxylic acids is 1. The van der Waals surface area contributed by atoms with E-state index in [1.54, 1.807) is 30.1 Å². The van der Waals surface area contributed by atoms with Crippen molar-refractivity contribution < 1.29 is 4.79 Å². The normalized spacial score (nSPS) is 10.8. The number of halogens is 1. The van der Waals surface area contributed by atoms with Crippen LogP contribution in [0.3, 0.4) is 0 Å². The Kier molecular flexibility index (Phi) is 4.66. The van der Waals surface area contributed by atoms with Gasteiger partial charge in [-0.3, -0.25) is 4.79 Å². The molecule has 0 spiro atoms. The molecule has 0 saturated carbocycles. The zero-order chi connectivity index (χ0) is 15.5. The van der Waals surface area contributed by atoms with E-state index in [2.05, 4.69) is 10.3 Å². The number of nitrogens with one attached hydrogen (secondary N) is 1. The van der Waals surface area contributed by atoms with Gasteiger partial charge in [0.2, 0.25) is 0 Å². The Labute approximate surface area is 141 Å². The summed E-state index contributed by atoms with van der Waals surface area (Å²) >= 11 is 9.30. The van der Waals surface area contributed by atoms with Crippen LogP contribution in [0.2, 0.25) is 5.02 Å². The maximum Gasteiger partial charge on any atom is 0.251 e. The lowest BCUT2D eigenvalue weighted by Gasteiger charge is -2.03. The third-order valence-corrected chi connectivity index (χ3v) is 5.59. The van der Waals surface area contributed by atoms with E-state index in [0.717, 1.165) is 25.9 Å². The smallest absolute Gasteiger partial charge is 0.251 e. The molecule has 0 atom stereocenters. The second-order valence-corrected chi connectivity index (χ2v) is 7.35. The number of nitrogens with zero attached hydrogens (tertiary/aromatic N) is 1. The van der Waals surface area contributed by atoms with Crippen LogP contribution in [0.25, 0.3) is 10.2 Å². The SMILES string of the molecule is CNC(=O)c1cccc(CSc2nc3cc(Cl)ccc3s2)c1. The van der Waals surface area contributed by atoms with Gasteiger partial charge >= 0.3 is 0 Å². The summed E-state index contributed by atoms with van der Waals surface area (Å²) in [5.74, 6) is 0.708. The van der Waals surface area contributed by atoms with Gasteiger partial charge < -0.3 is 5.32 Å². The fraction of sp³-hybridized carbons (Fsp3) is 0.125. The Morgan fingerprint density at radius 3 is 3.00 bits per heavy atom. The second-order valence-electron chi connectivity index (χ2n) is 4.66. The van der Waals surface area contributed by atoms with Gasteiger partial charge in [-0.15, -0.1) is 11.3 Å². The highest BCUT2D eigenvalue weighted by molar-refractivity contribution is 8.00. The van der Waals surface area contributed by atoms with Crippen molar-refractivity contribution in [3.63, 3.8) is 0 Å². The van der Waals surface area contributed by atoms with Gasteiger partial charge in [0.15, 0.2) is 4.34 Å². The Balaban J connectivity index is 1.75. The van der Waals surface area contributed by atoms with E-state index in [0.29, 0.717) is 10.6 Å². The van der Waals surface area contributed by atoms with E-state index in [1.165, 1.54) is 0 Å². The first-order valence-electron chi connectivity index (χ1n) is 6.65. The molecule has 1 aromatic heterocycles. The van der Waals surface area contributed by atoms with Crippen molar-refractivity contribution in [2.75, 3.05) is 7.05 Å². The number of carbonyl (C=O) groups is 1. The molecule has 1 heterocycles. The van der Waals surface area contributed by atoms with Crippen LogP contribution in [-0.2, 0) is 5.75 Å². The molecule has 0 aliphatic heterocycles. The Morgan fingerprint density at radius 2 is 2.18 bits per heavy atom. The van der Waals surface area contributed by atoms with E-state index in [4.69, 9.17) is 11.6 Å². The van der Waals surface area contributed by atoms with Gasteiger partial charge in [0.05, 0.1) is 10.2 Å². The van der Waals surface area contributed by atoms with Gasteiger partial charge in [0.1, 0.15) is 0 Å². The molecule has 3 aromatic rings. The predicted molar refractivity (Wildman–Crippen MR) is 94.0 cm³/mol. The van der Waals surface area contributed by atoms with Gasteiger partial charge in [0.25, 0.3) is 5.91 Å². The van der Waals surface area contributed by atoms with Crippen molar-refractivity contribution in [3.05, 3.63) is 58.6 Å². The molecule has 2 aromatic carbocycles. The maximum absolute atomic E-state index is 11.6. The van der Waals surface area contributed by atoms with Crippen LogP contribution in [0.5, 0.6) is 0 Å². The van der Waals surface area contributed by atoms with Crippen molar-refractivity contribution in [2.24, 2.45) is 0 Å². The van der Waals surface area contributed by atoms with Crippen LogP contribution in [0, 0.1) is 0 Å². The number of hydrogen-bond donors (Lipinski definition) is 1. The van der Waals surface area contributed by atoms with E-state index in [1.807, 2.05) is 42.5 Å². The number of amides is 1. The van der Waals surface area contributed by atoms with E-state index < -0.39 is 0 Å². The summed E-state index contributed by atoms with van der Waals surface area (Å²) < 4.78 is 2.13. The number of thioether (sulfide) groups is 1. The summed E-state index contributed by atoms with van der Waals surface area (Å²) in [4.78, 5) is 16.2. The molecule has 0 aliphatic rings. The Bertz CT molecular complexity index is 832. The zero-order valence-corrected chi connectivity index (χ0v) is 14.2. The molecule has 112 valence electrons. The van der Waals surface area contributed by atoms with Crippen molar-refractivity contribution >= 4 is 50.8 Å². The molecule has 3 rings (SSSR count). The van der Waals surface area contributed by atoms with Gasteiger partial charge in [-0.1, -0.05) is 35.5 Å². The van der Waals surface area contributed by atoms with Gasteiger partial charge in [-0.25, -0.2) is 4.98 Å². The fourth-order valence-corrected chi connectivity index (χ4v) is 4.19. The van der Waals surface area contributed by atoms with Crippen LogP contribution >= 0.6 is 34.7 Å². The topological polar surface area (TPSA) is 42.0 Å². The molecular weight excluding hydrogens is 336 g/mol. The third-order valence-electron chi connectivity index (χ3n) is 3.11. The molecule has 0 unspecified atom stereocenters. The number of benzene rings is 2. The number of rotatable bonds is 4. The minimum Gasteiger partial charge on any atom is -0.355 e. The summed E-state index contributed by atoms with van der Waals surface area (Å²) in [5, 5.41) is 3.34. The number of aromatic nitrogens is 1. The summed E-state index contributed by atoms with van der Waals surface area (Å²) in [7, 11) is 1.63. The summed E-state index contributed by atoms with van der Waals surface area (Å²) in [6, 6.07) is 13.4. The lowest BCUT2D eigenvalue weighted by molar-refractivity contribution is 0.0963. The molecule has 22 heavy (non-hydrogen) atoms. The van der Waals surface area contributed by atoms with Crippen molar-refractivity contribution in [1.29, 1.82) is 0 Å². The monoisotopic (exact) mass is 348 g/mol. The number of thiazole rings is 1. The van der Waals surface area contributed by atoms with Gasteiger partial charge in [0, 0.05) is 23.4 Å². The minimum absolute atomic E-state index is 0.0681. The Hall–Kier alpha value is -1.56. The van der Waals surface area contributed by atoms with Gasteiger partial charge in [-0.05, 0) is 35.9 Å². The average molecular weight is 349 g/mol. The molecule has 1 amide bonds. The van der Waals surface area contributed by atoms with Crippen molar-refractivity contribution in [3.8, 4) is 0 Å². The minimum atomic E-state index is -0.0681. The molecule has 0 saturated heterocycles. The van der Waals surface area contributed by atoms with Crippen LogP contribution in [-0.4, -0.2) is 17.9 Å². The standard InChI is InChI=1S/C16H13ClN2OS2/c1-18-15(20)11-4-2-3-10(7-11)9-21-16-19-13-8-12(17)5-6-14(13)22-16/h2-8H,9H2,1H3,(H,18,20). The molecule has 3 nitrogen and oxygen atoms in total. The lowest BCUT2D eigenvalue weighted by atomic mass is 10.1. The van der Waals surface area contributed by atoms with Crippen molar-refractivity contribution in [1.82, 2.24) is 10.3 Å². The highest BCUT2D eigenvalue weighted by Crippen LogP contribution is 2.32. The molecule has 6 heteroatoms. The van der Waals surface area contributed by atoms with Crippen LogP contribution in [0.1, 0.15) is 15.9 Å². The lowest BCUT2D eigenvalue weighted by Crippen LogP contribution is -2.17. The van der Waals surface area contributed by atoms with E-state index in [-0.39, 0.29) is 5.91 Å². The third kappa shape index (κ3) is 3.43. The predicted octanol–water partition coefficient (Wildman–Crippen LogP) is 4.60. The van der Waals surface area contributed by atoms with Crippen molar-refractivity contribution in [2.45, 2.75) is 10.1 Å². The highest BCUT2D eigenvalue weighted by atomic mass is 35.5. The van der Waals surface area contributed by atoms with E-state index >= 15 is 0 Å². The fourth-order valence-electron chi connectivity index (χ4n) is 2.03. The first-order valence-corrected chi connectivity index (χ1v) is 8.83. The number of fused-ring (bicyclic) bond motifs is 1. The van der Waals surface area contributed by atoms with Crippen LogP contribution < -0.4 is 5.32 Å². The highest BCUT2D eigenvalue weighted by Gasteiger charge is 2.07. The second kappa shape index (κ2) is 6.69. The van der Waals surface area contributed by atoms with Gasteiger partial charge in [-0.2, -0.15) is 0 Å². The molecule has 0 radical (unpaired) electrons. The molecule has 0 aliphatic carbocycles.